The molecule has 112 valence electrons. The molecule has 2 aromatic carbocycles. The van der Waals surface area contributed by atoms with E-state index >= 15 is 0 Å². The molecule has 0 aromatic heterocycles. The minimum absolute atomic E-state index is 0.219. The summed E-state index contributed by atoms with van der Waals surface area (Å²) in [7, 11) is 0. The fourth-order valence-corrected chi connectivity index (χ4v) is 2.01. The molecule has 0 bridgehead atoms. The Labute approximate surface area is 123 Å². The molecule has 0 saturated heterocycles. The molecule has 0 radical (unpaired) electrons. The van der Waals surface area contributed by atoms with Gasteiger partial charge in [-0.25, -0.2) is 4.39 Å². The van der Waals surface area contributed by atoms with Crippen molar-refractivity contribution in [2.45, 2.75) is 19.6 Å². The number of hydrogen-bond acceptors (Lipinski definition) is 3. The van der Waals surface area contributed by atoms with Gasteiger partial charge in [0.25, 0.3) is 0 Å². The fraction of sp³-hybridized carbons (Fsp3) is 0.294. The van der Waals surface area contributed by atoms with Gasteiger partial charge in [-0.05, 0) is 29.7 Å². The molecule has 2 aromatic rings. The van der Waals surface area contributed by atoms with Gasteiger partial charge in [-0.3, -0.25) is 0 Å². The second-order valence-corrected chi connectivity index (χ2v) is 4.98. The number of hydrogen-bond donors (Lipinski definition) is 2. The van der Waals surface area contributed by atoms with Crippen LogP contribution >= 0.6 is 0 Å². The van der Waals surface area contributed by atoms with Gasteiger partial charge >= 0.3 is 0 Å². The van der Waals surface area contributed by atoms with Gasteiger partial charge in [0.2, 0.25) is 0 Å². The average Bonchev–Trinajstić information content (AvgIpc) is 2.49. The number of aliphatic hydroxyl groups excluding tert-OH is 2. The molecule has 21 heavy (non-hydrogen) atoms. The topological polar surface area (TPSA) is 49.7 Å². The van der Waals surface area contributed by atoms with Crippen LogP contribution in [0.4, 0.5) is 4.39 Å². The maximum atomic E-state index is 13.9. The largest absolute Gasteiger partial charge is 0.394 e. The molecule has 0 aliphatic heterocycles. The van der Waals surface area contributed by atoms with Gasteiger partial charge < -0.3 is 14.9 Å². The van der Waals surface area contributed by atoms with Crippen LogP contribution in [0.15, 0.2) is 42.5 Å². The molecular formula is C17H19FO3. The standard InChI is InChI=1S/C17H19FO3/c1-12-2-7-16(17(18)8-12)14-5-3-13(4-6-14)11-21-15(9-19)10-20/h2-8,15,19-20H,9-11H2,1H3. The molecule has 0 saturated carbocycles. The summed E-state index contributed by atoms with van der Waals surface area (Å²) in [6.07, 6.45) is -0.570. The van der Waals surface area contributed by atoms with Gasteiger partial charge in [-0.1, -0.05) is 36.4 Å². The monoisotopic (exact) mass is 290 g/mol. The van der Waals surface area contributed by atoms with E-state index in [-0.39, 0.29) is 19.0 Å². The lowest BCUT2D eigenvalue weighted by molar-refractivity contribution is -0.0284. The van der Waals surface area contributed by atoms with Crippen LogP contribution in [0.25, 0.3) is 11.1 Å². The molecule has 0 spiro atoms. The van der Waals surface area contributed by atoms with Crippen LogP contribution in [-0.4, -0.2) is 29.5 Å². The van der Waals surface area contributed by atoms with Crippen molar-refractivity contribution in [1.82, 2.24) is 0 Å². The quantitative estimate of drug-likeness (QED) is 0.860. The summed E-state index contributed by atoms with van der Waals surface area (Å²) in [5, 5.41) is 17.8. The van der Waals surface area contributed by atoms with Crippen molar-refractivity contribution >= 4 is 0 Å². The van der Waals surface area contributed by atoms with Crippen molar-refractivity contribution in [3.63, 3.8) is 0 Å². The lowest BCUT2D eigenvalue weighted by Gasteiger charge is -2.12. The van der Waals surface area contributed by atoms with Crippen molar-refractivity contribution < 1.29 is 19.3 Å². The van der Waals surface area contributed by atoms with Crippen molar-refractivity contribution in [3.8, 4) is 11.1 Å². The summed E-state index contributed by atoms with van der Waals surface area (Å²) in [5.41, 5.74) is 3.16. The molecule has 2 rings (SSSR count). The van der Waals surface area contributed by atoms with E-state index < -0.39 is 6.10 Å². The molecule has 0 aliphatic carbocycles. The van der Waals surface area contributed by atoms with Crippen LogP contribution < -0.4 is 0 Å². The second-order valence-electron chi connectivity index (χ2n) is 4.98. The first-order valence-electron chi connectivity index (χ1n) is 6.83. The third-order valence-corrected chi connectivity index (χ3v) is 3.28. The Kier molecular flexibility index (Phi) is 5.44. The molecule has 0 aliphatic rings. The van der Waals surface area contributed by atoms with Crippen molar-refractivity contribution in [2.24, 2.45) is 0 Å². The van der Waals surface area contributed by atoms with Gasteiger partial charge in [-0.2, -0.15) is 0 Å². The summed E-state index contributed by atoms with van der Waals surface area (Å²) >= 11 is 0. The molecule has 0 unspecified atom stereocenters. The third-order valence-electron chi connectivity index (χ3n) is 3.28. The normalized spacial score (nSPS) is 11.1. The van der Waals surface area contributed by atoms with Crippen LogP contribution in [-0.2, 0) is 11.3 Å². The van der Waals surface area contributed by atoms with Crippen LogP contribution in [0.3, 0.4) is 0 Å². The van der Waals surface area contributed by atoms with Gasteiger partial charge in [0.05, 0.1) is 19.8 Å². The number of rotatable bonds is 6. The van der Waals surface area contributed by atoms with Gasteiger partial charge in [0, 0.05) is 5.56 Å². The highest BCUT2D eigenvalue weighted by Gasteiger charge is 2.07. The Morgan fingerprint density at radius 3 is 2.29 bits per heavy atom. The highest BCUT2D eigenvalue weighted by atomic mass is 19.1. The van der Waals surface area contributed by atoms with Gasteiger partial charge in [0.1, 0.15) is 11.9 Å². The van der Waals surface area contributed by atoms with Crippen LogP contribution in [0.5, 0.6) is 0 Å². The minimum Gasteiger partial charge on any atom is -0.394 e. The number of benzene rings is 2. The molecular weight excluding hydrogens is 271 g/mol. The Bertz CT molecular complexity index is 577. The molecule has 0 atom stereocenters. The zero-order chi connectivity index (χ0) is 15.2. The number of ether oxygens (including phenoxy) is 1. The first-order chi connectivity index (χ1) is 10.1. The van der Waals surface area contributed by atoms with Crippen molar-refractivity contribution in [2.75, 3.05) is 13.2 Å². The lowest BCUT2D eigenvalue weighted by atomic mass is 10.0. The Morgan fingerprint density at radius 2 is 1.71 bits per heavy atom. The summed E-state index contributed by atoms with van der Waals surface area (Å²) in [6.45, 7) is 1.71. The van der Waals surface area contributed by atoms with Gasteiger partial charge in [0.15, 0.2) is 0 Å². The number of aryl methyl sites for hydroxylation is 1. The van der Waals surface area contributed by atoms with E-state index in [1.165, 1.54) is 6.07 Å². The highest BCUT2D eigenvalue weighted by Crippen LogP contribution is 2.24. The van der Waals surface area contributed by atoms with E-state index in [4.69, 9.17) is 14.9 Å². The van der Waals surface area contributed by atoms with Gasteiger partial charge in [-0.15, -0.1) is 0 Å². The Hall–Kier alpha value is -1.75. The zero-order valence-corrected chi connectivity index (χ0v) is 11.9. The highest BCUT2D eigenvalue weighted by molar-refractivity contribution is 5.64. The third kappa shape index (κ3) is 4.11. The molecule has 2 N–H and O–H groups in total. The predicted molar refractivity (Wildman–Crippen MR) is 79.3 cm³/mol. The van der Waals surface area contributed by atoms with E-state index in [0.29, 0.717) is 12.2 Å². The number of aliphatic hydroxyl groups is 2. The van der Waals surface area contributed by atoms with Crippen molar-refractivity contribution in [1.29, 1.82) is 0 Å². The van der Waals surface area contributed by atoms with E-state index in [1.807, 2.05) is 37.3 Å². The van der Waals surface area contributed by atoms with Crippen LogP contribution in [0, 0.1) is 12.7 Å². The van der Waals surface area contributed by atoms with Crippen molar-refractivity contribution in [3.05, 3.63) is 59.4 Å². The molecule has 0 amide bonds. The maximum Gasteiger partial charge on any atom is 0.131 e. The predicted octanol–water partition coefficient (Wildman–Crippen LogP) is 2.67. The van der Waals surface area contributed by atoms with E-state index in [9.17, 15) is 4.39 Å². The van der Waals surface area contributed by atoms with Crippen LogP contribution in [0.1, 0.15) is 11.1 Å². The first-order valence-corrected chi connectivity index (χ1v) is 6.83. The summed E-state index contributed by atoms with van der Waals surface area (Å²) in [4.78, 5) is 0. The fourth-order valence-electron chi connectivity index (χ4n) is 2.01. The zero-order valence-electron chi connectivity index (χ0n) is 11.9. The minimum atomic E-state index is -0.570. The average molecular weight is 290 g/mol. The summed E-state index contributed by atoms with van der Waals surface area (Å²) in [5.74, 6) is -0.236. The summed E-state index contributed by atoms with van der Waals surface area (Å²) < 4.78 is 19.2. The van der Waals surface area contributed by atoms with E-state index in [2.05, 4.69) is 0 Å². The Morgan fingerprint density at radius 1 is 1.05 bits per heavy atom. The molecule has 3 nitrogen and oxygen atoms in total. The lowest BCUT2D eigenvalue weighted by Crippen LogP contribution is -2.21. The second kappa shape index (κ2) is 7.31. The van der Waals surface area contributed by atoms with E-state index in [1.54, 1.807) is 6.07 Å². The molecule has 0 fully saturated rings. The molecule has 4 heteroatoms. The van der Waals surface area contributed by atoms with Crippen LogP contribution in [0.2, 0.25) is 0 Å². The van der Waals surface area contributed by atoms with E-state index in [0.717, 1.165) is 16.7 Å². The summed E-state index contributed by atoms with van der Waals surface area (Å²) in [6, 6.07) is 12.5. The molecule has 0 heterocycles. The maximum absolute atomic E-state index is 13.9. The Balaban J connectivity index is 2.08. The smallest absolute Gasteiger partial charge is 0.131 e. The number of halogens is 1. The first kappa shape index (κ1) is 15.6. The SMILES string of the molecule is Cc1ccc(-c2ccc(COC(CO)CO)cc2)c(F)c1.